The summed E-state index contributed by atoms with van der Waals surface area (Å²) in [5.74, 6) is 0.315. The van der Waals surface area contributed by atoms with E-state index < -0.39 is 0 Å². The van der Waals surface area contributed by atoms with Gasteiger partial charge in [0.25, 0.3) is 5.91 Å². The molecule has 0 bridgehead atoms. The molecule has 1 aliphatic heterocycles. The van der Waals surface area contributed by atoms with Crippen molar-refractivity contribution < 1.29 is 9.53 Å². The number of amides is 1. The van der Waals surface area contributed by atoms with Crippen LogP contribution in [0.25, 0.3) is 0 Å². The number of nitrogens with zero attached hydrogens (tertiary/aromatic N) is 5. The average molecular weight is 287 g/mol. The molecule has 1 saturated heterocycles. The summed E-state index contributed by atoms with van der Waals surface area (Å²) < 4.78 is 6.99. The van der Waals surface area contributed by atoms with Crippen molar-refractivity contribution in [3.63, 3.8) is 0 Å². The van der Waals surface area contributed by atoms with Crippen LogP contribution in [-0.4, -0.2) is 50.8 Å². The SMILES string of the molecule is COc1ncccc1C(=O)N1CCC[C@H](n2cncn2)C1. The molecule has 1 fully saturated rings. The summed E-state index contributed by atoms with van der Waals surface area (Å²) in [4.78, 5) is 22.5. The molecule has 3 heterocycles. The molecule has 3 rings (SSSR count). The third-order valence-electron chi connectivity index (χ3n) is 3.69. The number of carbonyl (C=O) groups excluding carboxylic acids is 1. The summed E-state index contributed by atoms with van der Waals surface area (Å²) in [7, 11) is 1.52. The minimum Gasteiger partial charge on any atom is -0.480 e. The molecule has 1 aliphatic rings. The van der Waals surface area contributed by atoms with E-state index in [1.54, 1.807) is 24.7 Å². The molecule has 0 saturated carbocycles. The zero-order valence-corrected chi connectivity index (χ0v) is 11.8. The Balaban J connectivity index is 1.78. The maximum atomic E-state index is 12.7. The lowest BCUT2D eigenvalue weighted by Crippen LogP contribution is -2.41. The molecule has 0 aromatic carbocycles. The topological polar surface area (TPSA) is 73.1 Å². The molecule has 7 nitrogen and oxygen atoms in total. The van der Waals surface area contributed by atoms with Gasteiger partial charge in [-0.15, -0.1) is 0 Å². The highest BCUT2D eigenvalue weighted by atomic mass is 16.5. The van der Waals surface area contributed by atoms with Crippen molar-refractivity contribution in [1.29, 1.82) is 0 Å². The van der Waals surface area contributed by atoms with Gasteiger partial charge in [-0.1, -0.05) is 0 Å². The number of methoxy groups -OCH3 is 1. The van der Waals surface area contributed by atoms with Gasteiger partial charge in [0.05, 0.1) is 13.2 Å². The molecule has 7 heteroatoms. The fourth-order valence-electron chi connectivity index (χ4n) is 2.65. The second kappa shape index (κ2) is 5.90. The summed E-state index contributed by atoms with van der Waals surface area (Å²) in [5, 5.41) is 4.17. The zero-order valence-electron chi connectivity index (χ0n) is 11.8. The van der Waals surface area contributed by atoms with E-state index in [1.165, 1.54) is 13.4 Å². The Morgan fingerprint density at radius 3 is 3.14 bits per heavy atom. The monoisotopic (exact) mass is 287 g/mol. The van der Waals surface area contributed by atoms with Gasteiger partial charge in [0.1, 0.15) is 18.2 Å². The van der Waals surface area contributed by atoms with Crippen molar-refractivity contribution in [3.8, 4) is 5.88 Å². The molecule has 1 atom stereocenters. The number of aromatic nitrogens is 4. The van der Waals surface area contributed by atoms with Gasteiger partial charge in [-0.25, -0.2) is 14.6 Å². The van der Waals surface area contributed by atoms with Crippen LogP contribution in [0.4, 0.5) is 0 Å². The predicted molar refractivity (Wildman–Crippen MR) is 75.0 cm³/mol. The van der Waals surface area contributed by atoms with Gasteiger partial charge in [0.2, 0.25) is 5.88 Å². The lowest BCUT2D eigenvalue weighted by Gasteiger charge is -2.32. The number of hydrogen-bond donors (Lipinski definition) is 0. The Bertz CT molecular complexity index is 614. The van der Waals surface area contributed by atoms with Crippen molar-refractivity contribution in [3.05, 3.63) is 36.5 Å². The van der Waals surface area contributed by atoms with Crippen LogP contribution >= 0.6 is 0 Å². The smallest absolute Gasteiger partial charge is 0.259 e. The largest absolute Gasteiger partial charge is 0.480 e. The minimum atomic E-state index is -0.0511. The molecule has 2 aromatic heterocycles. The van der Waals surface area contributed by atoms with Crippen LogP contribution in [0, 0.1) is 0 Å². The Kier molecular flexibility index (Phi) is 3.81. The van der Waals surface area contributed by atoms with Gasteiger partial charge in [0, 0.05) is 19.3 Å². The summed E-state index contributed by atoms with van der Waals surface area (Å²) in [5.41, 5.74) is 0.499. The first-order valence-corrected chi connectivity index (χ1v) is 6.92. The lowest BCUT2D eigenvalue weighted by molar-refractivity contribution is 0.0668. The second-order valence-corrected chi connectivity index (χ2v) is 4.98. The first-order chi connectivity index (χ1) is 10.3. The fraction of sp³-hybridized carbons (Fsp3) is 0.429. The normalized spacial score (nSPS) is 18.5. The van der Waals surface area contributed by atoms with Gasteiger partial charge in [0.15, 0.2) is 0 Å². The van der Waals surface area contributed by atoms with E-state index in [1.807, 2.05) is 9.58 Å². The highest BCUT2D eigenvalue weighted by molar-refractivity contribution is 5.96. The molecule has 2 aromatic rings. The van der Waals surface area contributed by atoms with Crippen LogP contribution in [0.15, 0.2) is 31.0 Å². The molecular formula is C14H17N5O2. The molecule has 110 valence electrons. The number of pyridine rings is 1. The molecule has 1 amide bonds. The third-order valence-corrected chi connectivity index (χ3v) is 3.69. The second-order valence-electron chi connectivity index (χ2n) is 4.98. The Morgan fingerprint density at radius 2 is 2.38 bits per heavy atom. The maximum Gasteiger partial charge on any atom is 0.259 e. The van der Waals surface area contributed by atoms with Gasteiger partial charge < -0.3 is 9.64 Å². The number of piperidine rings is 1. The summed E-state index contributed by atoms with van der Waals surface area (Å²) in [6, 6.07) is 3.66. The first-order valence-electron chi connectivity index (χ1n) is 6.92. The summed E-state index contributed by atoms with van der Waals surface area (Å²) >= 11 is 0. The molecule has 0 aliphatic carbocycles. The number of hydrogen-bond acceptors (Lipinski definition) is 5. The molecule has 0 spiro atoms. The number of rotatable bonds is 3. The third kappa shape index (κ3) is 2.72. The Labute approximate surface area is 122 Å². The molecule has 0 radical (unpaired) electrons. The van der Waals surface area contributed by atoms with Crippen LogP contribution in [0.1, 0.15) is 29.2 Å². The van der Waals surface area contributed by atoms with E-state index in [-0.39, 0.29) is 11.9 Å². The van der Waals surface area contributed by atoms with E-state index >= 15 is 0 Å². The molecule has 0 N–H and O–H groups in total. The van der Waals surface area contributed by atoms with Crippen LogP contribution < -0.4 is 4.74 Å². The Morgan fingerprint density at radius 1 is 1.48 bits per heavy atom. The van der Waals surface area contributed by atoms with Gasteiger partial charge in [-0.2, -0.15) is 5.10 Å². The quantitative estimate of drug-likeness (QED) is 0.847. The zero-order chi connectivity index (χ0) is 14.7. The van der Waals surface area contributed by atoms with Crippen LogP contribution in [-0.2, 0) is 0 Å². The predicted octanol–water partition coefficient (Wildman–Crippen LogP) is 1.16. The van der Waals surface area contributed by atoms with E-state index in [4.69, 9.17) is 4.74 Å². The molecule has 21 heavy (non-hydrogen) atoms. The number of ether oxygens (including phenoxy) is 1. The molecule has 0 unspecified atom stereocenters. The van der Waals surface area contributed by atoms with Crippen molar-refractivity contribution in [2.24, 2.45) is 0 Å². The minimum absolute atomic E-state index is 0.0511. The first kappa shape index (κ1) is 13.5. The summed E-state index contributed by atoms with van der Waals surface area (Å²) in [6.07, 6.45) is 6.77. The van der Waals surface area contributed by atoms with Gasteiger partial charge >= 0.3 is 0 Å². The highest BCUT2D eigenvalue weighted by Crippen LogP contribution is 2.24. The van der Waals surface area contributed by atoms with Gasteiger partial charge in [-0.3, -0.25) is 4.79 Å². The van der Waals surface area contributed by atoms with Crippen LogP contribution in [0.2, 0.25) is 0 Å². The standard InChI is InChI=1S/C14H17N5O2/c1-21-13-12(5-2-6-16-13)14(20)18-7-3-4-11(8-18)19-10-15-9-17-19/h2,5-6,9-11H,3-4,7-8H2,1H3/t11-/m0/s1. The van der Waals surface area contributed by atoms with E-state index in [2.05, 4.69) is 15.1 Å². The molecular weight excluding hydrogens is 270 g/mol. The highest BCUT2D eigenvalue weighted by Gasteiger charge is 2.27. The number of carbonyl (C=O) groups is 1. The lowest BCUT2D eigenvalue weighted by atomic mass is 10.0. The van der Waals surface area contributed by atoms with Crippen molar-refractivity contribution in [2.75, 3.05) is 20.2 Å². The van der Waals surface area contributed by atoms with E-state index in [0.717, 1.165) is 19.4 Å². The van der Waals surface area contributed by atoms with Crippen molar-refractivity contribution >= 4 is 5.91 Å². The maximum absolute atomic E-state index is 12.7. The van der Waals surface area contributed by atoms with Crippen LogP contribution in [0.3, 0.4) is 0 Å². The van der Waals surface area contributed by atoms with Crippen molar-refractivity contribution in [2.45, 2.75) is 18.9 Å². The Hall–Kier alpha value is -2.44. The van der Waals surface area contributed by atoms with Crippen LogP contribution in [0.5, 0.6) is 5.88 Å². The van der Waals surface area contributed by atoms with Crippen molar-refractivity contribution in [1.82, 2.24) is 24.6 Å². The summed E-state index contributed by atoms with van der Waals surface area (Å²) in [6.45, 7) is 1.36. The fourth-order valence-corrected chi connectivity index (χ4v) is 2.65. The number of likely N-dealkylation sites (tertiary alicyclic amines) is 1. The van der Waals surface area contributed by atoms with E-state index in [0.29, 0.717) is 18.0 Å². The van der Waals surface area contributed by atoms with Gasteiger partial charge in [-0.05, 0) is 25.0 Å². The van der Waals surface area contributed by atoms with E-state index in [9.17, 15) is 4.79 Å². The average Bonchev–Trinajstić information content (AvgIpc) is 3.09.